The third-order valence-electron chi connectivity index (χ3n) is 3.08. The standard InChI is InChI=1S/C13H14N2O5/c1-3-4-7-5-15-6-8(13(19)20-2)10(16)11(17)9(15)12(18)14-7/h3,6-7,17H,1,4-5H2,2H3,(H,14,18). The zero-order valence-electron chi connectivity index (χ0n) is 10.9. The maximum atomic E-state index is 11.9. The molecule has 2 heterocycles. The number of carbonyl (C=O) groups is 2. The van der Waals surface area contributed by atoms with Gasteiger partial charge in [-0.3, -0.25) is 9.59 Å². The van der Waals surface area contributed by atoms with Crippen LogP contribution in [0.25, 0.3) is 0 Å². The van der Waals surface area contributed by atoms with E-state index in [4.69, 9.17) is 0 Å². The van der Waals surface area contributed by atoms with Gasteiger partial charge in [0, 0.05) is 12.7 Å². The zero-order valence-corrected chi connectivity index (χ0v) is 10.9. The minimum atomic E-state index is -0.916. The van der Waals surface area contributed by atoms with Crippen LogP contribution in [0.3, 0.4) is 0 Å². The molecule has 1 unspecified atom stereocenters. The van der Waals surface area contributed by atoms with Crippen molar-refractivity contribution in [2.45, 2.75) is 19.0 Å². The van der Waals surface area contributed by atoms with E-state index in [-0.39, 0.29) is 17.3 Å². The lowest BCUT2D eigenvalue weighted by atomic mass is 10.1. The van der Waals surface area contributed by atoms with Crippen molar-refractivity contribution in [2.75, 3.05) is 7.11 Å². The lowest BCUT2D eigenvalue weighted by Crippen LogP contribution is -2.45. The van der Waals surface area contributed by atoms with Gasteiger partial charge in [0.05, 0.1) is 13.2 Å². The molecule has 0 radical (unpaired) electrons. The fourth-order valence-electron chi connectivity index (χ4n) is 2.16. The number of esters is 1. The van der Waals surface area contributed by atoms with Crippen molar-refractivity contribution in [1.29, 1.82) is 0 Å². The molecule has 1 aliphatic rings. The highest BCUT2D eigenvalue weighted by atomic mass is 16.5. The highest BCUT2D eigenvalue weighted by Gasteiger charge is 2.29. The Morgan fingerprint density at radius 3 is 2.95 bits per heavy atom. The summed E-state index contributed by atoms with van der Waals surface area (Å²) in [5.41, 5.74) is -1.37. The molecule has 2 N–H and O–H groups in total. The fraction of sp³-hybridized carbons (Fsp3) is 0.308. The number of aromatic hydroxyl groups is 1. The molecule has 1 aromatic rings. The second-order valence-electron chi connectivity index (χ2n) is 4.41. The summed E-state index contributed by atoms with van der Waals surface area (Å²) >= 11 is 0. The SMILES string of the molecule is C=CCC1Cn2cc(C(=O)OC)c(=O)c(O)c2C(=O)N1. The van der Waals surface area contributed by atoms with Crippen molar-refractivity contribution in [3.63, 3.8) is 0 Å². The number of carbonyl (C=O) groups excluding carboxylic acids is 2. The minimum Gasteiger partial charge on any atom is -0.503 e. The number of amides is 1. The van der Waals surface area contributed by atoms with Gasteiger partial charge in [-0.15, -0.1) is 6.58 Å². The zero-order chi connectivity index (χ0) is 14.9. The second kappa shape index (κ2) is 5.20. The number of ether oxygens (including phenoxy) is 1. The summed E-state index contributed by atoms with van der Waals surface area (Å²) in [7, 11) is 1.14. The van der Waals surface area contributed by atoms with Crippen LogP contribution in [0.1, 0.15) is 27.3 Å². The molecule has 0 aromatic carbocycles. The maximum absolute atomic E-state index is 11.9. The van der Waals surface area contributed by atoms with Gasteiger partial charge >= 0.3 is 5.97 Å². The molecule has 0 aliphatic carbocycles. The van der Waals surface area contributed by atoms with Gasteiger partial charge < -0.3 is 19.7 Å². The van der Waals surface area contributed by atoms with Crippen LogP contribution in [0.5, 0.6) is 5.75 Å². The number of pyridine rings is 1. The Morgan fingerprint density at radius 2 is 2.35 bits per heavy atom. The van der Waals surface area contributed by atoms with E-state index in [1.165, 1.54) is 10.8 Å². The highest BCUT2D eigenvalue weighted by Crippen LogP contribution is 2.19. The molecule has 0 fully saturated rings. The van der Waals surface area contributed by atoms with Crippen LogP contribution in [0.2, 0.25) is 0 Å². The smallest absolute Gasteiger partial charge is 0.343 e. The normalized spacial score (nSPS) is 17.1. The molecule has 0 saturated heterocycles. The van der Waals surface area contributed by atoms with E-state index in [2.05, 4.69) is 16.6 Å². The van der Waals surface area contributed by atoms with Crippen LogP contribution in [0.15, 0.2) is 23.6 Å². The van der Waals surface area contributed by atoms with Gasteiger partial charge in [0.25, 0.3) is 5.91 Å². The highest BCUT2D eigenvalue weighted by molar-refractivity contribution is 5.97. The quantitative estimate of drug-likeness (QED) is 0.600. The minimum absolute atomic E-state index is 0.150. The van der Waals surface area contributed by atoms with Crippen LogP contribution >= 0.6 is 0 Å². The van der Waals surface area contributed by atoms with E-state index >= 15 is 0 Å². The van der Waals surface area contributed by atoms with E-state index in [0.29, 0.717) is 13.0 Å². The van der Waals surface area contributed by atoms with Gasteiger partial charge in [-0.05, 0) is 6.42 Å². The largest absolute Gasteiger partial charge is 0.503 e. The molecule has 20 heavy (non-hydrogen) atoms. The Morgan fingerprint density at radius 1 is 1.65 bits per heavy atom. The van der Waals surface area contributed by atoms with Gasteiger partial charge in [-0.2, -0.15) is 0 Å². The number of rotatable bonds is 3. The number of aromatic nitrogens is 1. The molecular formula is C13H14N2O5. The molecule has 1 aliphatic heterocycles. The lowest BCUT2D eigenvalue weighted by molar-refractivity contribution is 0.0596. The third-order valence-corrected chi connectivity index (χ3v) is 3.08. The summed E-state index contributed by atoms with van der Waals surface area (Å²) < 4.78 is 5.87. The summed E-state index contributed by atoms with van der Waals surface area (Å²) in [5, 5.41) is 12.5. The first kappa shape index (κ1) is 13.9. The number of hydrogen-bond donors (Lipinski definition) is 2. The van der Waals surface area contributed by atoms with Crippen LogP contribution in [-0.2, 0) is 11.3 Å². The summed E-state index contributed by atoms with van der Waals surface area (Å²) in [4.78, 5) is 35.2. The molecule has 1 aromatic heterocycles. The van der Waals surface area contributed by atoms with Crippen LogP contribution < -0.4 is 10.7 Å². The monoisotopic (exact) mass is 278 g/mol. The van der Waals surface area contributed by atoms with E-state index in [9.17, 15) is 19.5 Å². The van der Waals surface area contributed by atoms with Gasteiger partial charge in [0.1, 0.15) is 5.56 Å². The predicted molar refractivity (Wildman–Crippen MR) is 69.8 cm³/mol. The number of hydrogen-bond acceptors (Lipinski definition) is 5. The molecular weight excluding hydrogens is 264 g/mol. The van der Waals surface area contributed by atoms with Crippen LogP contribution in [-0.4, -0.2) is 34.7 Å². The van der Waals surface area contributed by atoms with E-state index < -0.39 is 23.1 Å². The average Bonchev–Trinajstić information content (AvgIpc) is 2.41. The number of nitrogens with zero attached hydrogens (tertiary/aromatic N) is 1. The molecule has 1 amide bonds. The Hall–Kier alpha value is -2.57. The lowest BCUT2D eigenvalue weighted by Gasteiger charge is -2.27. The Bertz CT molecular complexity index is 647. The molecule has 7 nitrogen and oxygen atoms in total. The van der Waals surface area contributed by atoms with E-state index in [0.717, 1.165) is 7.11 Å². The first-order chi connectivity index (χ1) is 9.49. The molecule has 1 atom stereocenters. The van der Waals surface area contributed by atoms with Gasteiger partial charge in [-0.1, -0.05) is 6.08 Å². The Balaban J connectivity index is 2.57. The predicted octanol–water partition coefficient (Wildman–Crippen LogP) is 0.0286. The molecule has 0 bridgehead atoms. The van der Waals surface area contributed by atoms with Crippen LogP contribution in [0, 0.1) is 0 Å². The topological polar surface area (TPSA) is 97.6 Å². The van der Waals surface area contributed by atoms with Crippen LogP contribution in [0.4, 0.5) is 0 Å². The number of nitrogens with one attached hydrogen (secondary N) is 1. The maximum Gasteiger partial charge on any atom is 0.343 e. The summed E-state index contributed by atoms with van der Waals surface area (Å²) in [6.07, 6.45) is 3.42. The van der Waals surface area contributed by atoms with Gasteiger partial charge in [0.15, 0.2) is 11.4 Å². The fourth-order valence-corrected chi connectivity index (χ4v) is 2.16. The van der Waals surface area contributed by atoms with Crippen molar-refractivity contribution < 1.29 is 19.4 Å². The molecule has 0 saturated carbocycles. The van der Waals surface area contributed by atoms with Crippen molar-refractivity contribution in [3.05, 3.63) is 40.3 Å². The van der Waals surface area contributed by atoms with Crippen molar-refractivity contribution >= 4 is 11.9 Å². The van der Waals surface area contributed by atoms with Crippen molar-refractivity contribution in [1.82, 2.24) is 9.88 Å². The summed E-state index contributed by atoms with van der Waals surface area (Å²) in [5.74, 6) is -2.16. The van der Waals surface area contributed by atoms with E-state index in [1.54, 1.807) is 6.08 Å². The third kappa shape index (κ3) is 2.18. The second-order valence-corrected chi connectivity index (χ2v) is 4.41. The molecule has 0 spiro atoms. The molecule has 7 heteroatoms. The van der Waals surface area contributed by atoms with Gasteiger partial charge in [0.2, 0.25) is 5.43 Å². The first-order valence-electron chi connectivity index (χ1n) is 5.96. The average molecular weight is 278 g/mol. The Kier molecular flexibility index (Phi) is 3.60. The number of fused-ring (bicyclic) bond motifs is 1. The summed E-state index contributed by atoms with van der Waals surface area (Å²) in [6, 6.07) is -0.208. The Labute approximate surface area is 114 Å². The van der Waals surface area contributed by atoms with Crippen molar-refractivity contribution in [2.24, 2.45) is 0 Å². The van der Waals surface area contributed by atoms with Crippen molar-refractivity contribution in [3.8, 4) is 5.75 Å². The summed E-state index contributed by atoms with van der Waals surface area (Å²) in [6.45, 7) is 3.92. The van der Waals surface area contributed by atoms with E-state index in [1.807, 2.05) is 0 Å². The molecule has 106 valence electrons. The number of methoxy groups -OCH3 is 1. The van der Waals surface area contributed by atoms with Gasteiger partial charge in [-0.25, -0.2) is 4.79 Å². The molecule has 2 rings (SSSR count). The first-order valence-corrected chi connectivity index (χ1v) is 5.96.